The predicted molar refractivity (Wildman–Crippen MR) is 117 cm³/mol. The number of phosphoric ester groups is 1. The molecule has 1 saturated heterocycles. The van der Waals surface area contributed by atoms with Gasteiger partial charge in [-0.15, -0.1) is 0 Å². The molecule has 4 unspecified atom stereocenters. The number of rotatable bonds is 4. The highest BCUT2D eigenvalue weighted by molar-refractivity contribution is 7.46. The van der Waals surface area contributed by atoms with E-state index in [9.17, 15) is 24.4 Å². The van der Waals surface area contributed by atoms with Crippen LogP contribution in [-0.2, 0) is 18.6 Å². The van der Waals surface area contributed by atoms with Crippen LogP contribution < -0.4 is 5.32 Å². The van der Waals surface area contributed by atoms with Gasteiger partial charge in [-0.2, -0.15) is 0 Å². The molecule has 0 radical (unpaired) electrons. The topological polar surface area (TPSA) is 166 Å². The molecule has 0 aromatic rings. The monoisotopic (exact) mass is 490 g/mol. The molecule has 4 atom stereocenters. The fourth-order valence-corrected chi connectivity index (χ4v) is 5.31. The Bertz CT molecular complexity index is 759. The molecule has 12 heteroatoms. The van der Waals surface area contributed by atoms with Crippen LogP contribution in [0.4, 0.5) is 4.79 Å². The molecule has 2 aliphatic heterocycles. The molecule has 188 valence electrons. The fourth-order valence-electron chi connectivity index (χ4n) is 4.97. The van der Waals surface area contributed by atoms with Gasteiger partial charge in [0, 0.05) is 6.08 Å². The molecule has 1 spiro atoms. The minimum absolute atomic E-state index is 0.552. The largest absolute Gasteiger partial charge is 0.469 e. The number of ether oxygens (including phenoxy) is 1. The van der Waals surface area contributed by atoms with E-state index in [-0.39, 0.29) is 0 Å². The van der Waals surface area contributed by atoms with Crippen LogP contribution in [0, 0.1) is 0 Å². The summed E-state index contributed by atoms with van der Waals surface area (Å²) >= 11 is 0. The molecule has 5 N–H and O–H groups in total. The SMILES string of the molecule is O=C1C=CC2(CCCCCCCCCCC2)N(C2OC(COP(=O)(O)O)C(O)C2O)C(=O)N1. The van der Waals surface area contributed by atoms with Gasteiger partial charge in [0.05, 0.1) is 12.1 Å². The van der Waals surface area contributed by atoms with Crippen molar-refractivity contribution in [2.24, 2.45) is 0 Å². The summed E-state index contributed by atoms with van der Waals surface area (Å²) in [5.74, 6) is -0.581. The summed E-state index contributed by atoms with van der Waals surface area (Å²) in [5.41, 5.74) is -0.917. The molecular formula is C21H35N2O9P. The Kier molecular flexibility index (Phi) is 9.08. The number of amides is 3. The van der Waals surface area contributed by atoms with Crippen molar-refractivity contribution in [3.8, 4) is 0 Å². The fraction of sp³-hybridized carbons (Fsp3) is 0.810. The van der Waals surface area contributed by atoms with E-state index in [1.165, 1.54) is 17.4 Å². The van der Waals surface area contributed by atoms with Crippen LogP contribution in [0.3, 0.4) is 0 Å². The minimum atomic E-state index is -4.83. The third kappa shape index (κ3) is 6.85. The number of nitrogens with one attached hydrogen (secondary N) is 1. The van der Waals surface area contributed by atoms with E-state index < -0.39 is 56.4 Å². The van der Waals surface area contributed by atoms with Crippen molar-refractivity contribution in [3.63, 3.8) is 0 Å². The number of carbonyl (C=O) groups excluding carboxylic acids is 2. The van der Waals surface area contributed by atoms with Gasteiger partial charge in [-0.25, -0.2) is 9.36 Å². The van der Waals surface area contributed by atoms with Crippen molar-refractivity contribution in [3.05, 3.63) is 12.2 Å². The molecule has 1 aliphatic carbocycles. The number of phosphoric acid groups is 1. The average Bonchev–Trinajstić information content (AvgIpc) is 2.93. The number of nitrogens with zero attached hydrogens (tertiary/aromatic N) is 1. The standard InChI is InChI=1S/C21H35N2O9P/c24-16-10-13-21(11-8-6-4-2-1-3-5-7-9-12-21)23(20(27)22-16)19-18(26)17(25)15(32-19)14-31-33(28,29)30/h10,13,15,17-19,25-26H,1-9,11-12,14H2,(H,22,24,27)(H2,28,29,30). The Morgan fingerprint density at radius 1 is 1.00 bits per heavy atom. The minimum Gasteiger partial charge on any atom is -0.387 e. The quantitative estimate of drug-likeness (QED) is 0.369. The second-order valence-electron chi connectivity index (χ2n) is 9.12. The first kappa shape index (κ1) is 26.3. The number of imide groups is 1. The van der Waals surface area contributed by atoms with E-state index in [2.05, 4.69) is 9.84 Å². The number of aliphatic hydroxyl groups is 2. The highest BCUT2D eigenvalue weighted by Crippen LogP contribution is 2.40. The summed E-state index contributed by atoms with van der Waals surface area (Å²) in [6.07, 6.45) is 7.66. The van der Waals surface area contributed by atoms with Gasteiger partial charge in [0.15, 0.2) is 6.23 Å². The molecule has 3 amide bonds. The van der Waals surface area contributed by atoms with Gasteiger partial charge in [-0.1, -0.05) is 63.9 Å². The van der Waals surface area contributed by atoms with Gasteiger partial charge in [-0.3, -0.25) is 19.5 Å². The molecule has 0 bridgehead atoms. The number of urea groups is 1. The molecule has 33 heavy (non-hydrogen) atoms. The second kappa shape index (κ2) is 11.4. The van der Waals surface area contributed by atoms with Crippen molar-refractivity contribution >= 4 is 19.8 Å². The Balaban J connectivity index is 1.89. The summed E-state index contributed by atoms with van der Waals surface area (Å²) in [4.78, 5) is 44.6. The maximum Gasteiger partial charge on any atom is 0.469 e. The molecule has 0 aromatic heterocycles. The van der Waals surface area contributed by atoms with Crippen LogP contribution in [0.5, 0.6) is 0 Å². The second-order valence-corrected chi connectivity index (χ2v) is 10.4. The van der Waals surface area contributed by atoms with Crippen LogP contribution in [0.15, 0.2) is 12.2 Å². The van der Waals surface area contributed by atoms with Crippen molar-refractivity contribution in [1.29, 1.82) is 0 Å². The van der Waals surface area contributed by atoms with E-state index in [1.807, 2.05) is 0 Å². The lowest BCUT2D eigenvalue weighted by Crippen LogP contribution is -2.61. The highest BCUT2D eigenvalue weighted by Gasteiger charge is 2.53. The van der Waals surface area contributed by atoms with Crippen molar-refractivity contribution in [1.82, 2.24) is 10.2 Å². The van der Waals surface area contributed by atoms with E-state index in [1.54, 1.807) is 6.08 Å². The normalized spacial score (nSPS) is 32.2. The highest BCUT2D eigenvalue weighted by atomic mass is 31.2. The molecule has 1 saturated carbocycles. The number of hydrogen-bond donors (Lipinski definition) is 5. The summed E-state index contributed by atoms with van der Waals surface area (Å²) < 4.78 is 21.3. The number of carbonyl (C=O) groups is 2. The van der Waals surface area contributed by atoms with E-state index >= 15 is 0 Å². The Labute approximate surface area is 193 Å². The van der Waals surface area contributed by atoms with Crippen molar-refractivity contribution in [2.75, 3.05) is 6.61 Å². The van der Waals surface area contributed by atoms with Gasteiger partial charge in [-0.05, 0) is 12.8 Å². The lowest BCUT2D eigenvalue weighted by atomic mass is 9.83. The van der Waals surface area contributed by atoms with Gasteiger partial charge >= 0.3 is 13.9 Å². The third-order valence-electron chi connectivity index (χ3n) is 6.69. The van der Waals surface area contributed by atoms with Crippen LogP contribution in [-0.4, -0.2) is 73.5 Å². The maximum absolute atomic E-state index is 13.2. The summed E-state index contributed by atoms with van der Waals surface area (Å²) in [6, 6.07) is -0.745. The van der Waals surface area contributed by atoms with Crippen molar-refractivity contribution < 1.29 is 43.4 Å². The Hall–Kier alpha value is -1.33. The van der Waals surface area contributed by atoms with E-state index in [4.69, 9.17) is 14.5 Å². The first-order chi connectivity index (χ1) is 15.6. The molecule has 0 aromatic carbocycles. The van der Waals surface area contributed by atoms with Crippen LogP contribution >= 0.6 is 7.82 Å². The summed E-state index contributed by atoms with van der Waals surface area (Å²) in [5, 5.41) is 23.5. The maximum atomic E-state index is 13.2. The van der Waals surface area contributed by atoms with Crippen LogP contribution in [0.1, 0.15) is 70.6 Å². The van der Waals surface area contributed by atoms with E-state index in [0.29, 0.717) is 12.8 Å². The van der Waals surface area contributed by atoms with Gasteiger partial charge < -0.3 is 24.7 Å². The lowest BCUT2D eigenvalue weighted by molar-refractivity contribution is -0.117. The molecular weight excluding hydrogens is 455 g/mol. The van der Waals surface area contributed by atoms with Crippen LogP contribution in [0.2, 0.25) is 0 Å². The summed E-state index contributed by atoms with van der Waals surface area (Å²) in [7, 11) is -4.83. The molecule has 2 fully saturated rings. The number of hydrogen-bond acceptors (Lipinski definition) is 7. The zero-order chi connectivity index (χ0) is 24.1. The molecule has 3 rings (SSSR count). The van der Waals surface area contributed by atoms with Gasteiger partial charge in [0.1, 0.15) is 18.3 Å². The van der Waals surface area contributed by atoms with Gasteiger partial charge in [0.25, 0.3) is 5.91 Å². The smallest absolute Gasteiger partial charge is 0.387 e. The lowest BCUT2D eigenvalue weighted by Gasteiger charge is -2.45. The molecule has 11 nitrogen and oxygen atoms in total. The Morgan fingerprint density at radius 2 is 1.55 bits per heavy atom. The van der Waals surface area contributed by atoms with Crippen molar-refractivity contribution in [2.45, 2.75) is 101 Å². The Morgan fingerprint density at radius 3 is 2.09 bits per heavy atom. The third-order valence-corrected chi connectivity index (χ3v) is 7.18. The molecule has 2 heterocycles. The van der Waals surface area contributed by atoms with Gasteiger partial charge in [0.2, 0.25) is 0 Å². The zero-order valence-corrected chi connectivity index (χ0v) is 19.6. The summed E-state index contributed by atoms with van der Waals surface area (Å²) in [6.45, 7) is -0.670. The van der Waals surface area contributed by atoms with E-state index in [0.717, 1.165) is 51.4 Å². The molecule has 3 aliphatic rings. The first-order valence-electron chi connectivity index (χ1n) is 11.7. The van der Waals surface area contributed by atoms with Crippen LogP contribution in [0.25, 0.3) is 0 Å². The first-order valence-corrected chi connectivity index (χ1v) is 13.2. The average molecular weight is 490 g/mol. The number of aliphatic hydroxyl groups excluding tert-OH is 2. The zero-order valence-electron chi connectivity index (χ0n) is 18.7. The predicted octanol–water partition coefficient (Wildman–Crippen LogP) is 1.69.